The Labute approximate surface area is 115 Å². The Hall–Kier alpha value is -2.35. The van der Waals surface area contributed by atoms with E-state index in [1.165, 1.54) is 18.5 Å². The summed E-state index contributed by atoms with van der Waals surface area (Å²) in [7, 11) is -3.65. The van der Waals surface area contributed by atoms with Crippen LogP contribution >= 0.6 is 0 Å². The van der Waals surface area contributed by atoms with Crippen LogP contribution in [0.25, 0.3) is 0 Å². The van der Waals surface area contributed by atoms with Gasteiger partial charge in [-0.15, -0.1) is 0 Å². The van der Waals surface area contributed by atoms with Crippen LogP contribution in [-0.4, -0.2) is 24.5 Å². The summed E-state index contributed by atoms with van der Waals surface area (Å²) < 4.78 is 26.8. The second-order valence-electron chi connectivity index (χ2n) is 4.46. The number of hydrogen-bond donors (Lipinski definition) is 3. The molecule has 0 fully saturated rings. The third-order valence-electron chi connectivity index (χ3n) is 3.03. The van der Waals surface area contributed by atoms with Crippen LogP contribution in [0.15, 0.2) is 35.5 Å². The van der Waals surface area contributed by atoms with E-state index < -0.39 is 10.0 Å². The number of carbonyl (C=O) groups excluding carboxylic acids is 1. The summed E-state index contributed by atoms with van der Waals surface area (Å²) in [6, 6.07) is 4.65. The molecule has 0 unspecified atom stereocenters. The lowest BCUT2D eigenvalue weighted by molar-refractivity contribution is -0.116. The molecule has 3 rings (SSSR count). The molecular formula is C12H12N4O3S. The summed E-state index contributed by atoms with van der Waals surface area (Å²) in [6.45, 7) is 0. The molecule has 104 valence electrons. The van der Waals surface area contributed by atoms with Gasteiger partial charge in [0.25, 0.3) is 10.0 Å². The lowest BCUT2D eigenvalue weighted by Gasteiger charge is -2.17. The molecule has 1 aliphatic heterocycles. The fourth-order valence-corrected chi connectivity index (χ4v) is 3.13. The molecule has 1 amide bonds. The Morgan fingerprint density at radius 3 is 2.85 bits per heavy atom. The lowest BCUT2D eigenvalue weighted by atomic mass is 10.0. The third-order valence-corrected chi connectivity index (χ3v) is 4.41. The van der Waals surface area contributed by atoms with E-state index >= 15 is 0 Å². The Kier molecular flexibility index (Phi) is 2.94. The van der Waals surface area contributed by atoms with Gasteiger partial charge in [-0.3, -0.25) is 14.6 Å². The minimum Gasteiger partial charge on any atom is -0.326 e. The van der Waals surface area contributed by atoms with Crippen molar-refractivity contribution in [3.8, 4) is 0 Å². The number of amides is 1. The second-order valence-corrected chi connectivity index (χ2v) is 6.14. The van der Waals surface area contributed by atoms with Crippen molar-refractivity contribution in [2.75, 3.05) is 10.0 Å². The summed E-state index contributed by atoms with van der Waals surface area (Å²) >= 11 is 0. The van der Waals surface area contributed by atoms with E-state index in [4.69, 9.17) is 0 Å². The predicted molar refractivity (Wildman–Crippen MR) is 72.8 cm³/mol. The Morgan fingerprint density at radius 2 is 2.10 bits per heavy atom. The zero-order valence-corrected chi connectivity index (χ0v) is 11.2. The Balaban J connectivity index is 1.92. The number of anilines is 2. The average Bonchev–Trinajstić information content (AvgIpc) is 2.90. The first-order valence-corrected chi connectivity index (χ1v) is 7.47. The van der Waals surface area contributed by atoms with E-state index in [-0.39, 0.29) is 10.8 Å². The van der Waals surface area contributed by atoms with Gasteiger partial charge in [-0.05, 0) is 30.2 Å². The van der Waals surface area contributed by atoms with E-state index in [9.17, 15) is 13.2 Å². The maximum absolute atomic E-state index is 12.2. The number of sulfonamides is 1. The first-order chi connectivity index (χ1) is 9.54. The monoisotopic (exact) mass is 292 g/mol. The summed E-state index contributed by atoms with van der Waals surface area (Å²) in [6.07, 6.45) is 3.74. The number of carbonyl (C=O) groups is 1. The van der Waals surface area contributed by atoms with Crippen molar-refractivity contribution in [3.05, 3.63) is 36.2 Å². The second kappa shape index (κ2) is 4.64. The molecule has 0 saturated heterocycles. The zero-order chi connectivity index (χ0) is 14.2. The van der Waals surface area contributed by atoms with Gasteiger partial charge in [0.05, 0.1) is 16.8 Å². The molecule has 7 nitrogen and oxygen atoms in total. The van der Waals surface area contributed by atoms with E-state index in [0.717, 1.165) is 5.56 Å². The van der Waals surface area contributed by atoms with Gasteiger partial charge in [0.2, 0.25) is 5.91 Å². The van der Waals surface area contributed by atoms with Crippen molar-refractivity contribution in [1.29, 1.82) is 0 Å². The highest BCUT2D eigenvalue weighted by Crippen LogP contribution is 2.26. The number of aromatic nitrogens is 2. The van der Waals surface area contributed by atoms with Crippen molar-refractivity contribution < 1.29 is 13.2 Å². The van der Waals surface area contributed by atoms with Gasteiger partial charge in [0.1, 0.15) is 0 Å². The summed E-state index contributed by atoms with van der Waals surface area (Å²) in [5, 5.41) is 8.93. The maximum atomic E-state index is 12.2. The number of aromatic amines is 1. The van der Waals surface area contributed by atoms with Gasteiger partial charge >= 0.3 is 0 Å². The highest BCUT2D eigenvalue weighted by molar-refractivity contribution is 7.92. The van der Waals surface area contributed by atoms with E-state index in [1.54, 1.807) is 12.1 Å². The number of aryl methyl sites for hydroxylation is 1. The highest BCUT2D eigenvalue weighted by Gasteiger charge is 2.20. The molecule has 1 aromatic heterocycles. The highest BCUT2D eigenvalue weighted by atomic mass is 32.2. The summed E-state index contributed by atoms with van der Waals surface area (Å²) in [4.78, 5) is 11.4. The van der Waals surface area contributed by atoms with E-state index in [2.05, 4.69) is 20.2 Å². The first kappa shape index (κ1) is 12.7. The van der Waals surface area contributed by atoms with Crippen LogP contribution in [0.4, 0.5) is 11.4 Å². The van der Waals surface area contributed by atoms with Crippen LogP contribution in [0.2, 0.25) is 0 Å². The van der Waals surface area contributed by atoms with Gasteiger partial charge in [0.15, 0.2) is 0 Å². The van der Waals surface area contributed by atoms with Crippen molar-refractivity contribution in [2.45, 2.75) is 17.7 Å². The standard InChI is InChI=1S/C12H12N4O3S/c17-12-4-1-8-5-10(2-3-11(8)15-12)20(18,19)16-9-6-13-14-7-9/h2-3,5-7,16H,1,4H2,(H,13,14)(H,15,17). The molecule has 0 spiro atoms. The van der Waals surface area contributed by atoms with Crippen LogP contribution in [0.1, 0.15) is 12.0 Å². The molecule has 2 aromatic rings. The first-order valence-electron chi connectivity index (χ1n) is 5.99. The molecule has 1 aliphatic rings. The molecule has 0 bridgehead atoms. The van der Waals surface area contributed by atoms with Crippen LogP contribution in [-0.2, 0) is 21.2 Å². The van der Waals surface area contributed by atoms with Crippen LogP contribution in [0.3, 0.4) is 0 Å². The average molecular weight is 292 g/mol. The molecule has 1 aromatic carbocycles. The SMILES string of the molecule is O=C1CCc2cc(S(=O)(=O)Nc3cn[nH]c3)ccc2N1. The summed E-state index contributed by atoms with van der Waals surface area (Å²) in [5.41, 5.74) is 1.86. The molecule has 0 aliphatic carbocycles. The number of nitrogens with one attached hydrogen (secondary N) is 3. The van der Waals surface area contributed by atoms with Crippen molar-refractivity contribution >= 4 is 27.3 Å². The summed E-state index contributed by atoms with van der Waals surface area (Å²) in [5.74, 6) is -0.0513. The van der Waals surface area contributed by atoms with Crippen molar-refractivity contribution in [2.24, 2.45) is 0 Å². The van der Waals surface area contributed by atoms with Gasteiger partial charge in [0, 0.05) is 18.3 Å². The Bertz CT molecular complexity index is 753. The lowest BCUT2D eigenvalue weighted by Crippen LogP contribution is -2.20. The largest absolute Gasteiger partial charge is 0.326 e. The molecule has 0 saturated carbocycles. The smallest absolute Gasteiger partial charge is 0.262 e. The van der Waals surface area contributed by atoms with E-state index in [1.807, 2.05) is 0 Å². The number of nitrogens with zero attached hydrogens (tertiary/aromatic N) is 1. The molecule has 8 heteroatoms. The molecule has 2 heterocycles. The molecule has 0 atom stereocenters. The van der Waals surface area contributed by atoms with Gasteiger partial charge < -0.3 is 5.32 Å². The quantitative estimate of drug-likeness (QED) is 0.787. The Morgan fingerprint density at radius 1 is 1.25 bits per heavy atom. The molecular weight excluding hydrogens is 280 g/mol. The normalized spacial score (nSPS) is 14.5. The number of fused-ring (bicyclic) bond motifs is 1. The minimum absolute atomic E-state index is 0.0513. The molecule has 20 heavy (non-hydrogen) atoms. The van der Waals surface area contributed by atoms with Crippen LogP contribution in [0.5, 0.6) is 0 Å². The molecule has 0 radical (unpaired) electrons. The van der Waals surface area contributed by atoms with Crippen molar-refractivity contribution in [3.63, 3.8) is 0 Å². The zero-order valence-electron chi connectivity index (χ0n) is 10.4. The number of rotatable bonds is 3. The topological polar surface area (TPSA) is 104 Å². The fraction of sp³-hybridized carbons (Fsp3) is 0.167. The minimum atomic E-state index is -3.65. The third kappa shape index (κ3) is 2.37. The van der Waals surface area contributed by atoms with Crippen molar-refractivity contribution in [1.82, 2.24) is 10.2 Å². The number of H-pyrrole nitrogens is 1. The number of benzene rings is 1. The van der Waals surface area contributed by atoms with Crippen LogP contribution < -0.4 is 10.0 Å². The van der Waals surface area contributed by atoms with Gasteiger partial charge in [-0.1, -0.05) is 0 Å². The molecule has 3 N–H and O–H groups in total. The number of hydrogen-bond acceptors (Lipinski definition) is 4. The maximum Gasteiger partial charge on any atom is 0.262 e. The van der Waals surface area contributed by atoms with Gasteiger partial charge in [-0.2, -0.15) is 5.10 Å². The van der Waals surface area contributed by atoms with Gasteiger partial charge in [-0.25, -0.2) is 8.42 Å². The van der Waals surface area contributed by atoms with E-state index in [0.29, 0.717) is 24.2 Å². The van der Waals surface area contributed by atoms with Crippen LogP contribution in [0, 0.1) is 0 Å². The fourth-order valence-electron chi connectivity index (χ4n) is 2.05. The predicted octanol–water partition coefficient (Wildman–Crippen LogP) is 1.10.